The molecule has 0 bridgehead atoms. The largest absolute Gasteiger partial charge is 0.494 e. The van der Waals surface area contributed by atoms with Crippen molar-refractivity contribution < 1.29 is 22.7 Å². The minimum Gasteiger partial charge on any atom is -0.494 e. The van der Waals surface area contributed by atoms with Crippen molar-refractivity contribution in [2.75, 3.05) is 23.9 Å². The van der Waals surface area contributed by atoms with E-state index in [0.717, 1.165) is 29.7 Å². The lowest BCUT2D eigenvalue weighted by atomic mass is 9.88. The van der Waals surface area contributed by atoms with Crippen LogP contribution in [0.1, 0.15) is 50.9 Å². The van der Waals surface area contributed by atoms with E-state index < -0.39 is 21.8 Å². The van der Waals surface area contributed by atoms with Gasteiger partial charge in [-0.05, 0) is 49.3 Å². The molecule has 0 saturated carbocycles. The van der Waals surface area contributed by atoms with Crippen LogP contribution in [0, 0.1) is 5.92 Å². The van der Waals surface area contributed by atoms with Gasteiger partial charge in [-0.3, -0.25) is 9.59 Å². The number of carbonyl (C=O) groups is 2. The van der Waals surface area contributed by atoms with Gasteiger partial charge in [-0.25, -0.2) is 8.42 Å². The molecule has 2 aliphatic rings. The molecule has 2 aromatic rings. The van der Waals surface area contributed by atoms with Gasteiger partial charge in [-0.1, -0.05) is 30.1 Å². The third-order valence-corrected chi connectivity index (χ3v) is 9.50. The summed E-state index contributed by atoms with van der Waals surface area (Å²) in [6.07, 6.45) is 2.89. The predicted molar refractivity (Wildman–Crippen MR) is 131 cm³/mol. The summed E-state index contributed by atoms with van der Waals surface area (Å²) in [5.41, 5.74) is 1.58. The molecule has 11 heteroatoms. The first-order chi connectivity index (χ1) is 15.6. The highest BCUT2D eigenvalue weighted by atomic mass is 35.5. The second-order valence-electron chi connectivity index (χ2n) is 8.56. The summed E-state index contributed by atoms with van der Waals surface area (Å²) in [4.78, 5) is 27.3. The van der Waals surface area contributed by atoms with Crippen LogP contribution < -0.4 is 15.4 Å². The normalized spacial score (nSPS) is 21.3. The topological polar surface area (TPSA) is 102 Å². The van der Waals surface area contributed by atoms with Crippen LogP contribution in [0.4, 0.5) is 5.00 Å². The summed E-state index contributed by atoms with van der Waals surface area (Å²) >= 11 is 13.7. The zero-order valence-electron chi connectivity index (χ0n) is 18.2. The van der Waals surface area contributed by atoms with Crippen LogP contribution in [-0.4, -0.2) is 44.9 Å². The van der Waals surface area contributed by atoms with Gasteiger partial charge in [-0.15, -0.1) is 11.3 Å². The second-order valence-corrected chi connectivity index (χ2v) is 12.7. The SMILES string of the molecule is COc1c(Cl)cc(C(=O)Nc2sc3c(c2C(=O)N[C@@H]2CCS(=O)(=O)C2)CC[C@@H](C)C3)cc1Cl. The molecule has 0 spiro atoms. The molecule has 33 heavy (non-hydrogen) atoms. The zero-order valence-corrected chi connectivity index (χ0v) is 21.3. The lowest BCUT2D eigenvalue weighted by Gasteiger charge is -2.19. The average molecular weight is 531 g/mol. The number of carbonyl (C=O) groups excluding carboxylic acids is 2. The Morgan fingerprint density at radius 2 is 1.85 bits per heavy atom. The molecule has 1 aliphatic heterocycles. The standard InChI is InChI=1S/C22H24Cl2N2O5S2/c1-11-3-4-14-17(7-11)32-22(18(14)21(28)25-13-5-6-33(29,30)10-13)26-20(27)12-8-15(23)19(31-2)16(24)9-12/h8-9,11,13H,3-7,10H2,1-2H3,(H,25,28)(H,26,27)/t11-,13-/m1/s1. The number of sulfone groups is 1. The molecule has 0 radical (unpaired) electrons. The smallest absolute Gasteiger partial charge is 0.256 e. The molecule has 2 atom stereocenters. The van der Waals surface area contributed by atoms with Gasteiger partial charge in [0.15, 0.2) is 15.6 Å². The van der Waals surface area contributed by atoms with Crippen molar-refractivity contribution in [2.45, 2.75) is 38.6 Å². The fraction of sp³-hybridized carbons (Fsp3) is 0.455. The molecular formula is C22H24Cl2N2O5S2. The van der Waals surface area contributed by atoms with E-state index in [0.29, 0.717) is 22.9 Å². The summed E-state index contributed by atoms with van der Waals surface area (Å²) in [7, 11) is -1.70. The maximum Gasteiger partial charge on any atom is 0.256 e. The van der Waals surface area contributed by atoms with Crippen molar-refractivity contribution in [3.63, 3.8) is 0 Å². The lowest BCUT2D eigenvalue weighted by molar-refractivity contribution is 0.0941. The number of anilines is 1. The molecular weight excluding hydrogens is 507 g/mol. The number of fused-ring (bicyclic) bond motifs is 1. The van der Waals surface area contributed by atoms with E-state index in [-0.39, 0.29) is 38.8 Å². The fourth-order valence-corrected chi connectivity index (χ4v) is 8.02. The number of halogens is 2. The summed E-state index contributed by atoms with van der Waals surface area (Å²) in [6, 6.07) is 2.49. The first-order valence-electron chi connectivity index (χ1n) is 10.6. The Labute approximate surface area is 206 Å². The molecule has 1 saturated heterocycles. The third kappa shape index (κ3) is 5.16. The molecule has 0 unspecified atom stereocenters. The van der Waals surface area contributed by atoms with Gasteiger partial charge in [-0.2, -0.15) is 0 Å². The van der Waals surface area contributed by atoms with E-state index in [9.17, 15) is 18.0 Å². The summed E-state index contributed by atoms with van der Waals surface area (Å²) in [6.45, 7) is 2.16. The predicted octanol–water partition coefficient (Wildman–Crippen LogP) is 4.36. The number of ether oxygens (including phenoxy) is 1. The van der Waals surface area contributed by atoms with Crippen LogP contribution in [0.2, 0.25) is 10.0 Å². The first kappa shape index (κ1) is 24.3. The Kier molecular flexibility index (Phi) is 6.96. The monoisotopic (exact) mass is 530 g/mol. The number of hydrogen-bond acceptors (Lipinski definition) is 6. The lowest BCUT2D eigenvalue weighted by Crippen LogP contribution is -2.36. The summed E-state index contributed by atoms with van der Waals surface area (Å²) in [5.74, 6) is -0.0421. The summed E-state index contributed by atoms with van der Waals surface area (Å²) in [5, 5.41) is 6.57. The second kappa shape index (κ2) is 9.44. The van der Waals surface area contributed by atoms with Gasteiger partial charge in [0.25, 0.3) is 11.8 Å². The molecule has 178 valence electrons. The Balaban J connectivity index is 1.64. The third-order valence-electron chi connectivity index (χ3n) is 6.00. The van der Waals surface area contributed by atoms with E-state index in [1.807, 2.05) is 0 Å². The van der Waals surface area contributed by atoms with Crippen LogP contribution in [0.5, 0.6) is 5.75 Å². The number of nitrogens with one attached hydrogen (secondary N) is 2. The highest BCUT2D eigenvalue weighted by Crippen LogP contribution is 2.40. The van der Waals surface area contributed by atoms with Crippen molar-refractivity contribution in [3.05, 3.63) is 43.7 Å². The van der Waals surface area contributed by atoms with Crippen LogP contribution in [-0.2, 0) is 22.7 Å². The van der Waals surface area contributed by atoms with Crippen LogP contribution in [0.15, 0.2) is 12.1 Å². The highest BCUT2D eigenvalue weighted by molar-refractivity contribution is 7.91. The Morgan fingerprint density at radius 3 is 2.45 bits per heavy atom. The van der Waals surface area contributed by atoms with E-state index in [1.54, 1.807) is 0 Å². The maximum atomic E-state index is 13.2. The number of benzene rings is 1. The van der Waals surface area contributed by atoms with Gasteiger partial charge in [0.1, 0.15) is 5.00 Å². The molecule has 4 rings (SSSR count). The van der Waals surface area contributed by atoms with Crippen LogP contribution in [0.25, 0.3) is 0 Å². The molecule has 7 nitrogen and oxygen atoms in total. The fourth-order valence-electron chi connectivity index (χ4n) is 4.31. The number of hydrogen-bond donors (Lipinski definition) is 2. The molecule has 1 aromatic carbocycles. The van der Waals surface area contributed by atoms with Gasteiger partial charge in [0.2, 0.25) is 0 Å². The first-order valence-corrected chi connectivity index (χ1v) is 14.0. The number of thiophene rings is 1. The molecule has 2 N–H and O–H groups in total. The Morgan fingerprint density at radius 1 is 1.15 bits per heavy atom. The van der Waals surface area contributed by atoms with Crippen molar-refractivity contribution in [3.8, 4) is 5.75 Å². The van der Waals surface area contributed by atoms with Crippen molar-refractivity contribution in [1.29, 1.82) is 0 Å². The van der Waals surface area contributed by atoms with Crippen LogP contribution >= 0.6 is 34.5 Å². The van der Waals surface area contributed by atoms with E-state index in [1.165, 1.54) is 30.6 Å². The van der Waals surface area contributed by atoms with Gasteiger partial charge in [0.05, 0.1) is 34.2 Å². The molecule has 1 fully saturated rings. The summed E-state index contributed by atoms with van der Waals surface area (Å²) < 4.78 is 28.8. The molecule has 2 heterocycles. The van der Waals surface area contributed by atoms with E-state index in [2.05, 4.69) is 17.6 Å². The van der Waals surface area contributed by atoms with Gasteiger partial charge in [0, 0.05) is 16.5 Å². The van der Waals surface area contributed by atoms with Crippen LogP contribution in [0.3, 0.4) is 0 Å². The molecule has 2 amide bonds. The Hall–Kier alpha value is -1.81. The molecule has 1 aromatic heterocycles. The van der Waals surface area contributed by atoms with Crippen molar-refractivity contribution in [1.82, 2.24) is 5.32 Å². The molecule has 1 aliphatic carbocycles. The van der Waals surface area contributed by atoms with Crippen molar-refractivity contribution in [2.24, 2.45) is 5.92 Å². The number of methoxy groups -OCH3 is 1. The number of amides is 2. The maximum absolute atomic E-state index is 13.2. The van der Waals surface area contributed by atoms with E-state index in [4.69, 9.17) is 27.9 Å². The minimum atomic E-state index is -3.13. The zero-order chi connectivity index (χ0) is 23.9. The van der Waals surface area contributed by atoms with Crippen molar-refractivity contribution >= 4 is 61.2 Å². The van der Waals surface area contributed by atoms with E-state index >= 15 is 0 Å². The quantitative estimate of drug-likeness (QED) is 0.597. The highest BCUT2D eigenvalue weighted by Gasteiger charge is 2.33. The number of rotatable bonds is 5. The minimum absolute atomic E-state index is 0.0629. The Bertz CT molecular complexity index is 1200. The van der Waals surface area contributed by atoms with Gasteiger partial charge < -0.3 is 15.4 Å². The van der Waals surface area contributed by atoms with Gasteiger partial charge >= 0.3 is 0 Å². The average Bonchev–Trinajstić information content (AvgIpc) is 3.25.